The van der Waals surface area contributed by atoms with Gasteiger partial charge in [0.1, 0.15) is 5.76 Å². The molecule has 7 nitrogen and oxygen atoms in total. The zero-order valence-electron chi connectivity index (χ0n) is 14.6. The van der Waals surface area contributed by atoms with Gasteiger partial charge in [-0.05, 0) is 49.4 Å². The minimum absolute atomic E-state index is 0.128. The van der Waals surface area contributed by atoms with E-state index in [1.807, 2.05) is 0 Å². The van der Waals surface area contributed by atoms with Gasteiger partial charge in [0.25, 0.3) is 5.91 Å². The third-order valence-corrected chi connectivity index (χ3v) is 5.73. The first-order valence-corrected chi connectivity index (χ1v) is 8.94. The van der Waals surface area contributed by atoms with E-state index in [1.165, 1.54) is 4.90 Å². The van der Waals surface area contributed by atoms with E-state index in [4.69, 9.17) is 4.52 Å². The summed E-state index contributed by atoms with van der Waals surface area (Å²) in [6.45, 7) is 1.73. The van der Waals surface area contributed by atoms with E-state index >= 15 is 0 Å². The molecule has 0 unspecified atom stereocenters. The van der Waals surface area contributed by atoms with Gasteiger partial charge in [-0.15, -0.1) is 0 Å². The van der Waals surface area contributed by atoms with Crippen LogP contribution in [0.15, 0.2) is 47.0 Å². The van der Waals surface area contributed by atoms with Crippen molar-refractivity contribution in [3.63, 3.8) is 0 Å². The summed E-state index contributed by atoms with van der Waals surface area (Å²) in [5, 5.41) is 6.36. The second-order valence-electron chi connectivity index (χ2n) is 7.34. The standard InChI is InChI=1S/C20H17N3O4/c1-10-8-15(22-27-10)21-18(24)11-4-6-14(7-5-11)23-19(25)16-12-2-3-13(9-12)17(16)20(23)26/h2-8,12-13,16-17H,9H2,1H3,(H,21,22,24)/t12-,13+,16-,17-/m0/s1. The molecule has 2 bridgehead atoms. The Hall–Kier alpha value is -3.22. The van der Waals surface area contributed by atoms with Crippen LogP contribution in [0.25, 0.3) is 0 Å². The molecule has 1 aromatic carbocycles. The molecule has 1 saturated carbocycles. The summed E-state index contributed by atoms with van der Waals surface area (Å²) in [6.07, 6.45) is 5.04. The maximum atomic E-state index is 12.8. The fraction of sp³-hybridized carbons (Fsp3) is 0.300. The summed E-state index contributed by atoms with van der Waals surface area (Å²) < 4.78 is 4.92. The first-order chi connectivity index (χ1) is 13.0. The molecule has 3 amide bonds. The normalized spacial score (nSPS) is 28.1. The molecule has 136 valence electrons. The maximum absolute atomic E-state index is 12.8. The van der Waals surface area contributed by atoms with Crippen LogP contribution in [0.3, 0.4) is 0 Å². The molecule has 1 aromatic heterocycles. The molecular formula is C20H17N3O4. The number of amides is 3. The quantitative estimate of drug-likeness (QED) is 0.668. The van der Waals surface area contributed by atoms with Gasteiger partial charge in [0.15, 0.2) is 5.82 Å². The van der Waals surface area contributed by atoms with Crippen molar-refractivity contribution in [2.24, 2.45) is 23.7 Å². The van der Waals surface area contributed by atoms with Gasteiger partial charge in [0.05, 0.1) is 17.5 Å². The zero-order chi connectivity index (χ0) is 18.7. The Balaban J connectivity index is 1.36. The molecule has 3 aliphatic rings. The van der Waals surface area contributed by atoms with Gasteiger partial charge < -0.3 is 9.84 Å². The molecular weight excluding hydrogens is 346 g/mol. The van der Waals surface area contributed by atoms with E-state index in [0.29, 0.717) is 22.8 Å². The number of benzene rings is 1. The monoisotopic (exact) mass is 363 g/mol. The highest BCUT2D eigenvalue weighted by Gasteiger charge is 2.59. The van der Waals surface area contributed by atoms with Crippen molar-refractivity contribution < 1.29 is 18.9 Å². The smallest absolute Gasteiger partial charge is 0.256 e. The molecule has 7 heteroatoms. The van der Waals surface area contributed by atoms with Crippen LogP contribution in [0.1, 0.15) is 22.5 Å². The van der Waals surface area contributed by atoms with Crippen LogP contribution >= 0.6 is 0 Å². The van der Waals surface area contributed by atoms with Gasteiger partial charge in [0, 0.05) is 11.6 Å². The van der Waals surface area contributed by atoms with Gasteiger partial charge >= 0.3 is 0 Å². The van der Waals surface area contributed by atoms with Crippen LogP contribution in [0, 0.1) is 30.6 Å². The number of rotatable bonds is 3. The van der Waals surface area contributed by atoms with E-state index in [0.717, 1.165) is 6.42 Å². The summed E-state index contributed by atoms with van der Waals surface area (Å²) >= 11 is 0. The van der Waals surface area contributed by atoms with Gasteiger partial charge in [0.2, 0.25) is 11.8 Å². The van der Waals surface area contributed by atoms with E-state index in [1.54, 1.807) is 37.3 Å². The average Bonchev–Trinajstić information content (AvgIpc) is 3.41. The van der Waals surface area contributed by atoms with Crippen molar-refractivity contribution in [2.45, 2.75) is 13.3 Å². The Morgan fingerprint density at radius 2 is 1.74 bits per heavy atom. The molecule has 0 radical (unpaired) electrons. The fourth-order valence-corrected chi connectivity index (χ4v) is 4.53. The third-order valence-electron chi connectivity index (χ3n) is 5.73. The molecule has 5 rings (SSSR count). The second-order valence-corrected chi connectivity index (χ2v) is 7.34. The number of carbonyl (C=O) groups is 3. The molecule has 0 spiro atoms. The highest BCUT2D eigenvalue weighted by molar-refractivity contribution is 6.23. The number of carbonyl (C=O) groups excluding carboxylic acids is 3. The number of nitrogens with zero attached hydrogens (tertiary/aromatic N) is 2. The summed E-state index contributed by atoms with van der Waals surface area (Å²) in [4.78, 5) is 39.2. The lowest BCUT2D eigenvalue weighted by Crippen LogP contribution is -2.32. The molecule has 1 saturated heterocycles. The first kappa shape index (κ1) is 16.0. The molecule has 27 heavy (non-hydrogen) atoms. The van der Waals surface area contributed by atoms with Crippen molar-refractivity contribution >= 4 is 29.2 Å². The largest absolute Gasteiger partial charge is 0.360 e. The van der Waals surface area contributed by atoms with Crippen molar-refractivity contribution in [1.29, 1.82) is 0 Å². The minimum Gasteiger partial charge on any atom is -0.360 e. The molecule has 2 aliphatic carbocycles. The lowest BCUT2D eigenvalue weighted by molar-refractivity contribution is -0.123. The van der Waals surface area contributed by atoms with Crippen molar-refractivity contribution in [1.82, 2.24) is 5.16 Å². The molecule has 2 heterocycles. The number of fused-ring (bicyclic) bond motifs is 5. The van der Waals surface area contributed by atoms with Crippen molar-refractivity contribution in [3.8, 4) is 0 Å². The minimum atomic E-state index is -0.340. The lowest BCUT2D eigenvalue weighted by Gasteiger charge is -2.17. The Morgan fingerprint density at radius 3 is 2.30 bits per heavy atom. The van der Waals surface area contributed by atoms with Gasteiger partial charge in [-0.3, -0.25) is 19.3 Å². The van der Waals surface area contributed by atoms with Crippen LogP contribution in [0.2, 0.25) is 0 Å². The number of hydrogen-bond acceptors (Lipinski definition) is 5. The van der Waals surface area contributed by atoms with Gasteiger partial charge in [-0.2, -0.15) is 0 Å². The van der Waals surface area contributed by atoms with Gasteiger partial charge in [-0.25, -0.2) is 0 Å². The average molecular weight is 363 g/mol. The summed E-state index contributed by atoms with van der Waals surface area (Å²) in [7, 11) is 0. The molecule has 1 aliphatic heterocycles. The Bertz CT molecular complexity index is 961. The third kappa shape index (κ3) is 2.34. The molecule has 2 aromatic rings. The van der Waals surface area contributed by atoms with Gasteiger partial charge in [-0.1, -0.05) is 17.3 Å². The molecule has 4 atom stereocenters. The zero-order valence-corrected chi connectivity index (χ0v) is 14.6. The van der Waals surface area contributed by atoms with Crippen LogP contribution in [0.4, 0.5) is 11.5 Å². The van der Waals surface area contributed by atoms with Crippen molar-refractivity contribution in [3.05, 3.63) is 53.8 Å². The van der Waals surface area contributed by atoms with E-state index in [9.17, 15) is 14.4 Å². The predicted molar refractivity (Wildman–Crippen MR) is 95.8 cm³/mol. The fourth-order valence-electron chi connectivity index (χ4n) is 4.53. The highest BCUT2D eigenvalue weighted by atomic mass is 16.5. The van der Waals surface area contributed by atoms with E-state index < -0.39 is 0 Å². The van der Waals surface area contributed by atoms with E-state index in [2.05, 4.69) is 22.6 Å². The molecule has 2 fully saturated rings. The Labute approximate surface area is 155 Å². The predicted octanol–water partition coefficient (Wildman–Crippen LogP) is 2.55. The maximum Gasteiger partial charge on any atom is 0.256 e. The van der Waals surface area contributed by atoms with Crippen LogP contribution in [-0.2, 0) is 9.59 Å². The molecule has 1 N–H and O–H groups in total. The number of anilines is 2. The summed E-state index contributed by atoms with van der Waals surface area (Å²) in [5.74, 6) is 0.233. The van der Waals surface area contributed by atoms with Crippen molar-refractivity contribution in [2.75, 3.05) is 10.2 Å². The van der Waals surface area contributed by atoms with Crippen LogP contribution in [-0.4, -0.2) is 22.9 Å². The topological polar surface area (TPSA) is 92.5 Å². The van der Waals surface area contributed by atoms with E-state index in [-0.39, 0.29) is 41.4 Å². The highest BCUT2D eigenvalue weighted by Crippen LogP contribution is 2.53. The first-order valence-electron chi connectivity index (χ1n) is 8.94. The second kappa shape index (κ2) is 5.64. The number of hydrogen-bond donors (Lipinski definition) is 1. The number of allylic oxidation sites excluding steroid dienone is 2. The summed E-state index contributed by atoms with van der Waals surface area (Å²) in [5.41, 5.74) is 0.910. The van der Waals surface area contributed by atoms with Crippen LogP contribution in [0.5, 0.6) is 0 Å². The number of imide groups is 1. The lowest BCUT2D eigenvalue weighted by atomic mass is 9.85. The number of aromatic nitrogens is 1. The SMILES string of the molecule is Cc1cc(NC(=O)c2ccc(N3C(=O)[C@@H]4[C@@H](C3=O)[C@H]3C=C[C@@H]4C3)cc2)no1. The Kier molecular flexibility index (Phi) is 3.34. The van der Waals surface area contributed by atoms with Crippen LogP contribution < -0.4 is 10.2 Å². The number of aryl methyl sites for hydroxylation is 1. The Morgan fingerprint density at radius 1 is 1.11 bits per heavy atom. The number of nitrogens with one attached hydrogen (secondary N) is 1. The summed E-state index contributed by atoms with van der Waals surface area (Å²) in [6, 6.07) is 8.08.